The van der Waals surface area contributed by atoms with Crippen LogP contribution in [0.1, 0.15) is 25.0 Å². The molecule has 0 aromatic heterocycles. The number of hydrogen-bond donors (Lipinski definition) is 0. The SMILES string of the molecule is C/C=C/C(=O)Cc1ccc(/C=C/C(C)=O)cc1. The number of hydrogen-bond acceptors (Lipinski definition) is 2. The van der Waals surface area contributed by atoms with Crippen molar-refractivity contribution in [2.75, 3.05) is 0 Å². The topological polar surface area (TPSA) is 34.1 Å². The van der Waals surface area contributed by atoms with Gasteiger partial charge in [0.2, 0.25) is 0 Å². The van der Waals surface area contributed by atoms with Crippen molar-refractivity contribution in [3.05, 3.63) is 53.6 Å². The number of carbonyl (C=O) groups is 2. The minimum Gasteiger partial charge on any atom is -0.295 e. The number of benzene rings is 1. The van der Waals surface area contributed by atoms with Crippen molar-refractivity contribution in [1.82, 2.24) is 0 Å². The van der Waals surface area contributed by atoms with Gasteiger partial charge in [-0.1, -0.05) is 36.4 Å². The Morgan fingerprint density at radius 2 is 1.76 bits per heavy atom. The number of allylic oxidation sites excluding steroid dienone is 3. The molecule has 0 N–H and O–H groups in total. The molecule has 0 radical (unpaired) electrons. The third kappa shape index (κ3) is 5.07. The molecule has 0 fully saturated rings. The normalized spacial score (nSPS) is 11.2. The predicted molar refractivity (Wildman–Crippen MR) is 69.7 cm³/mol. The van der Waals surface area contributed by atoms with Crippen LogP contribution in [0.15, 0.2) is 42.5 Å². The van der Waals surface area contributed by atoms with Crippen molar-refractivity contribution < 1.29 is 9.59 Å². The molecule has 88 valence electrons. The quantitative estimate of drug-likeness (QED) is 0.726. The molecular weight excluding hydrogens is 212 g/mol. The second-order valence-electron chi connectivity index (χ2n) is 3.83. The van der Waals surface area contributed by atoms with Gasteiger partial charge in [0, 0.05) is 6.42 Å². The Kier molecular flexibility index (Phi) is 5.08. The first-order chi connectivity index (χ1) is 8.11. The largest absolute Gasteiger partial charge is 0.295 e. The lowest BCUT2D eigenvalue weighted by molar-refractivity contribution is -0.114. The fraction of sp³-hybridized carbons (Fsp3) is 0.200. The van der Waals surface area contributed by atoms with Crippen molar-refractivity contribution in [3.63, 3.8) is 0 Å². The first-order valence-corrected chi connectivity index (χ1v) is 5.55. The molecule has 0 aliphatic heterocycles. The molecule has 0 spiro atoms. The van der Waals surface area contributed by atoms with Gasteiger partial charge in [0.25, 0.3) is 0 Å². The molecule has 2 nitrogen and oxygen atoms in total. The summed E-state index contributed by atoms with van der Waals surface area (Å²) in [5, 5.41) is 0. The van der Waals surface area contributed by atoms with Crippen LogP contribution >= 0.6 is 0 Å². The third-order valence-corrected chi connectivity index (χ3v) is 2.22. The van der Waals surface area contributed by atoms with Crippen LogP contribution < -0.4 is 0 Å². The van der Waals surface area contributed by atoms with Gasteiger partial charge in [0.05, 0.1) is 0 Å². The average molecular weight is 228 g/mol. The molecule has 0 aliphatic rings. The zero-order valence-electron chi connectivity index (χ0n) is 10.1. The monoisotopic (exact) mass is 228 g/mol. The standard InChI is InChI=1S/C15H16O2/c1-3-4-15(17)11-14-9-7-13(8-10-14)6-5-12(2)16/h3-10H,11H2,1-2H3/b4-3+,6-5+. The fourth-order valence-corrected chi connectivity index (χ4v) is 1.41. The van der Waals surface area contributed by atoms with E-state index in [0.29, 0.717) is 6.42 Å². The second kappa shape index (κ2) is 6.59. The molecule has 0 heterocycles. The lowest BCUT2D eigenvalue weighted by atomic mass is 10.1. The van der Waals surface area contributed by atoms with Gasteiger partial charge in [-0.2, -0.15) is 0 Å². The lowest BCUT2D eigenvalue weighted by Crippen LogP contribution is -1.97. The van der Waals surface area contributed by atoms with E-state index in [0.717, 1.165) is 11.1 Å². The molecule has 0 saturated carbocycles. The third-order valence-electron chi connectivity index (χ3n) is 2.22. The molecule has 0 bridgehead atoms. The Hall–Kier alpha value is -1.96. The van der Waals surface area contributed by atoms with E-state index in [4.69, 9.17) is 0 Å². The van der Waals surface area contributed by atoms with E-state index < -0.39 is 0 Å². The van der Waals surface area contributed by atoms with Gasteiger partial charge in [-0.25, -0.2) is 0 Å². The summed E-state index contributed by atoms with van der Waals surface area (Å²) in [5.41, 5.74) is 1.94. The maximum absolute atomic E-state index is 11.4. The van der Waals surface area contributed by atoms with E-state index in [2.05, 4.69) is 0 Å². The van der Waals surface area contributed by atoms with Crippen molar-refractivity contribution in [1.29, 1.82) is 0 Å². The summed E-state index contributed by atoms with van der Waals surface area (Å²) in [5.74, 6) is 0.122. The maximum Gasteiger partial charge on any atom is 0.159 e. The molecular formula is C15H16O2. The highest BCUT2D eigenvalue weighted by atomic mass is 16.1. The Labute approximate surface area is 102 Å². The van der Waals surface area contributed by atoms with Gasteiger partial charge in [-0.05, 0) is 37.1 Å². The smallest absolute Gasteiger partial charge is 0.159 e. The fourth-order valence-electron chi connectivity index (χ4n) is 1.41. The number of ketones is 2. The van der Waals surface area contributed by atoms with Gasteiger partial charge in [-0.3, -0.25) is 9.59 Å². The number of carbonyl (C=O) groups excluding carboxylic acids is 2. The summed E-state index contributed by atoms with van der Waals surface area (Å²) in [6.07, 6.45) is 7.02. The van der Waals surface area contributed by atoms with Crippen LogP contribution in [0, 0.1) is 0 Å². The summed E-state index contributed by atoms with van der Waals surface area (Å²) < 4.78 is 0. The van der Waals surface area contributed by atoms with E-state index >= 15 is 0 Å². The molecule has 1 rings (SSSR count). The van der Waals surface area contributed by atoms with Crippen LogP contribution in [0.25, 0.3) is 6.08 Å². The molecule has 0 aliphatic carbocycles. The zero-order chi connectivity index (χ0) is 12.7. The first kappa shape index (κ1) is 13.1. The van der Waals surface area contributed by atoms with Crippen molar-refractivity contribution in [2.24, 2.45) is 0 Å². The van der Waals surface area contributed by atoms with Crippen molar-refractivity contribution in [2.45, 2.75) is 20.3 Å². The highest BCUT2D eigenvalue weighted by Gasteiger charge is 1.98. The van der Waals surface area contributed by atoms with E-state index in [9.17, 15) is 9.59 Å². The van der Waals surface area contributed by atoms with Crippen LogP contribution in [0.3, 0.4) is 0 Å². The molecule has 2 heteroatoms. The summed E-state index contributed by atoms with van der Waals surface area (Å²) in [6, 6.07) is 7.61. The Morgan fingerprint density at radius 1 is 1.12 bits per heavy atom. The highest BCUT2D eigenvalue weighted by molar-refractivity contribution is 5.92. The molecule has 1 aromatic carbocycles. The van der Waals surface area contributed by atoms with Crippen LogP contribution in [0.4, 0.5) is 0 Å². The van der Waals surface area contributed by atoms with Crippen LogP contribution in [-0.2, 0) is 16.0 Å². The molecule has 17 heavy (non-hydrogen) atoms. The van der Waals surface area contributed by atoms with Crippen LogP contribution in [0.2, 0.25) is 0 Å². The van der Waals surface area contributed by atoms with Gasteiger partial charge in [-0.15, -0.1) is 0 Å². The number of rotatable bonds is 5. The average Bonchev–Trinajstić information content (AvgIpc) is 2.28. The molecule has 0 saturated heterocycles. The van der Waals surface area contributed by atoms with E-state index in [1.807, 2.05) is 31.2 Å². The minimum atomic E-state index is 0.0253. The maximum atomic E-state index is 11.4. The molecule has 0 unspecified atom stereocenters. The van der Waals surface area contributed by atoms with Crippen LogP contribution in [-0.4, -0.2) is 11.6 Å². The van der Waals surface area contributed by atoms with E-state index in [-0.39, 0.29) is 11.6 Å². The summed E-state index contributed by atoms with van der Waals surface area (Å²) in [4.78, 5) is 22.1. The van der Waals surface area contributed by atoms with Gasteiger partial charge >= 0.3 is 0 Å². The first-order valence-electron chi connectivity index (χ1n) is 5.55. The van der Waals surface area contributed by atoms with Gasteiger partial charge in [0.1, 0.15) is 0 Å². The van der Waals surface area contributed by atoms with Crippen molar-refractivity contribution in [3.8, 4) is 0 Å². The lowest BCUT2D eigenvalue weighted by Gasteiger charge is -1.98. The zero-order valence-corrected chi connectivity index (χ0v) is 10.1. The van der Waals surface area contributed by atoms with Gasteiger partial charge < -0.3 is 0 Å². The molecule has 0 amide bonds. The molecule has 1 aromatic rings. The van der Waals surface area contributed by atoms with Gasteiger partial charge in [0.15, 0.2) is 11.6 Å². The summed E-state index contributed by atoms with van der Waals surface area (Å²) in [6.45, 7) is 3.34. The Balaban J connectivity index is 2.68. The van der Waals surface area contributed by atoms with E-state index in [1.54, 1.807) is 18.2 Å². The summed E-state index contributed by atoms with van der Waals surface area (Å²) >= 11 is 0. The van der Waals surface area contributed by atoms with Crippen molar-refractivity contribution >= 4 is 17.6 Å². The van der Waals surface area contributed by atoms with Crippen LogP contribution in [0.5, 0.6) is 0 Å². The Bertz CT molecular complexity index is 450. The molecule has 0 atom stereocenters. The Morgan fingerprint density at radius 3 is 2.29 bits per heavy atom. The van der Waals surface area contributed by atoms with E-state index in [1.165, 1.54) is 13.0 Å². The second-order valence-corrected chi connectivity index (χ2v) is 3.83. The summed E-state index contributed by atoms with van der Waals surface area (Å²) in [7, 11) is 0. The minimum absolute atomic E-state index is 0.0253. The predicted octanol–water partition coefficient (Wildman–Crippen LogP) is 2.98. The highest BCUT2D eigenvalue weighted by Crippen LogP contribution is 2.07.